The zero-order valence-electron chi connectivity index (χ0n) is 8.53. The molecule has 0 aromatic heterocycles. The van der Waals surface area contributed by atoms with E-state index in [2.05, 4.69) is 5.48 Å². The number of amides is 1. The minimum Gasteiger partial charge on any atom is -0.367 e. The van der Waals surface area contributed by atoms with Crippen LogP contribution in [0.4, 0.5) is 0 Å². The fourth-order valence-electron chi connectivity index (χ4n) is 1.11. The van der Waals surface area contributed by atoms with Crippen LogP contribution < -0.4 is 5.48 Å². The van der Waals surface area contributed by atoms with Crippen molar-refractivity contribution in [1.29, 1.82) is 0 Å². The molecule has 0 saturated carbocycles. The maximum atomic E-state index is 11.5. The van der Waals surface area contributed by atoms with Gasteiger partial charge in [-0.25, -0.2) is 5.48 Å². The van der Waals surface area contributed by atoms with Gasteiger partial charge in [-0.3, -0.25) is 9.63 Å². The summed E-state index contributed by atoms with van der Waals surface area (Å²) >= 11 is 0. The smallest absolute Gasteiger partial charge is 0.274 e. The van der Waals surface area contributed by atoms with Crippen molar-refractivity contribution in [2.45, 2.75) is 12.5 Å². The van der Waals surface area contributed by atoms with Crippen LogP contribution >= 0.6 is 0 Å². The molecule has 0 bridgehead atoms. The first-order valence-corrected chi connectivity index (χ1v) is 4.81. The van der Waals surface area contributed by atoms with Gasteiger partial charge in [0.1, 0.15) is 12.2 Å². The molecule has 1 atom stereocenters. The molecule has 1 fully saturated rings. The number of nitrogens with one attached hydrogen (secondary N) is 1. The highest BCUT2D eigenvalue weighted by Gasteiger charge is 2.39. The highest BCUT2D eigenvalue weighted by molar-refractivity contribution is 5.93. The summed E-state index contributed by atoms with van der Waals surface area (Å²) in [6, 6.07) is 8.93. The van der Waals surface area contributed by atoms with E-state index in [-0.39, 0.29) is 11.5 Å². The zero-order chi connectivity index (χ0) is 10.7. The van der Waals surface area contributed by atoms with Gasteiger partial charge in [0, 0.05) is 5.56 Å². The van der Waals surface area contributed by atoms with Crippen molar-refractivity contribution in [3.63, 3.8) is 0 Å². The lowest BCUT2D eigenvalue weighted by Gasteiger charge is -2.07. The molecule has 1 heterocycles. The number of hydrogen-bond donors (Lipinski definition) is 1. The second-order valence-corrected chi connectivity index (χ2v) is 3.82. The molecule has 1 aromatic carbocycles. The Balaban J connectivity index is 1.78. The molecule has 0 radical (unpaired) electrons. The quantitative estimate of drug-likeness (QED) is 0.595. The average molecular weight is 207 g/mol. The normalized spacial score (nSPS) is 23.5. The van der Waals surface area contributed by atoms with Gasteiger partial charge in [-0.2, -0.15) is 0 Å². The van der Waals surface area contributed by atoms with Crippen molar-refractivity contribution in [2.24, 2.45) is 0 Å². The third kappa shape index (κ3) is 2.78. The summed E-state index contributed by atoms with van der Waals surface area (Å²) in [7, 11) is 0. The summed E-state index contributed by atoms with van der Waals surface area (Å²) < 4.78 is 5.11. The summed E-state index contributed by atoms with van der Waals surface area (Å²) in [5.41, 5.74) is 2.75. The lowest BCUT2D eigenvalue weighted by atomic mass is 10.2. The molecule has 1 unspecified atom stereocenters. The van der Waals surface area contributed by atoms with Gasteiger partial charge in [-0.1, -0.05) is 18.2 Å². The van der Waals surface area contributed by atoms with Gasteiger partial charge in [-0.05, 0) is 19.1 Å². The maximum Gasteiger partial charge on any atom is 0.274 e. The van der Waals surface area contributed by atoms with Crippen molar-refractivity contribution < 1.29 is 14.4 Å². The van der Waals surface area contributed by atoms with E-state index in [1.54, 1.807) is 24.3 Å². The number of carbonyl (C=O) groups excluding carboxylic acids is 1. The monoisotopic (exact) mass is 207 g/mol. The van der Waals surface area contributed by atoms with Crippen molar-refractivity contribution in [3.05, 3.63) is 35.9 Å². The minimum absolute atomic E-state index is 0.204. The van der Waals surface area contributed by atoms with E-state index in [0.717, 1.165) is 0 Å². The number of rotatable bonds is 4. The van der Waals surface area contributed by atoms with Crippen LogP contribution in [-0.2, 0) is 9.57 Å². The Kier molecular flexibility index (Phi) is 2.70. The summed E-state index contributed by atoms with van der Waals surface area (Å²) in [4.78, 5) is 16.5. The average Bonchev–Trinajstić information content (AvgIpc) is 2.98. The van der Waals surface area contributed by atoms with Gasteiger partial charge >= 0.3 is 0 Å². The number of hydroxylamine groups is 1. The molecule has 0 spiro atoms. The molecule has 1 aromatic rings. The van der Waals surface area contributed by atoms with E-state index in [0.29, 0.717) is 18.8 Å². The first kappa shape index (κ1) is 10.1. The Hall–Kier alpha value is -1.39. The van der Waals surface area contributed by atoms with Crippen LogP contribution in [0.5, 0.6) is 0 Å². The molecule has 4 nitrogen and oxygen atoms in total. The Morgan fingerprint density at radius 2 is 2.20 bits per heavy atom. The highest BCUT2D eigenvalue weighted by atomic mass is 16.7. The number of benzene rings is 1. The maximum absolute atomic E-state index is 11.5. The van der Waals surface area contributed by atoms with Crippen molar-refractivity contribution in [2.75, 3.05) is 13.2 Å². The summed E-state index contributed by atoms with van der Waals surface area (Å²) in [5.74, 6) is -0.236. The molecule has 1 N–H and O–H groups in total. The summed E-state index contributed by atoms with van der Waals surface area (Å²) in [5, 5.41) is 0. The molecule has 1 saturated heterocycles. The molecule has 0 aliphatic carbocycles. The van der Waals surface area contributed by atoms with Gasteiger partial charge in [0.15, 0.2) is 0 Å². The Morgan fingerprint density at radius 1 is 1.53 bits per heavy atom. The minimum atomic E-state index is -0.236. The van der Waals surface area contributed by atoms with Crippen LogP contribution in [0.2, 0.25) is 0 Å². The number of ether oxygens (including phenoxy) is 1. The second-order valence-electron chi connectivity index (χ2n) is 3.82. The first-order valence-electron chi connectivity index (χ1n) is 4.81. The van der Waals surface area contributed by atoms with Crippen LogP contribution in [0.15, 0.2) is 30.3 Å². The van der Waals surface area contributed by atoms with Crippen LogP contribution in [0.25, 0.3) is 0 Å². The van der Waals surface area contributed by atoms with Gasteiger partial charge in [0.25, 0.3) is 5.91 Å². The molecular formula is C11H13NO3. The Bertz CT molecular complexity index is 346. The fraction of sp³-hybridized carbons (Fsp3) is 0.364. The van der Waals surface area contributed by atoms with E-state index in [1.165, 1.54) is 0 Å². The summed E-state index contributed by atoms with van der Waals surface area (Å²) in [6.45, 7) is 3.00. The third-order valence-corrected chi connectivity index (χ3v) is 2.22. The molecule has 15 heavy (non-hydrogen) atoms. The fourth-order valence-corrected chi connectivity index (χ4v) is 1.11. The molecule has 2 rings (SSSR count). The topological polar surface area (TPSA) is 50.9 Å². The Morgan fingerprint density at radius 3 is 2.80 bits per heavy atom. The molecule has 1 aliphatic heterocycles. The van der Waals surface area contributed by atoms with Gasteiger partial charge in [-0.15, -0.1) is 0 Å². The largest absolute Gasteiger partial charge is 0.367 e. The van der Waals surface area contributed by atoms with Crippen molar-refractivity contribution >= 4 is 5.91 Å². The van der Waals surface area contributed by atoms with Gasteiger partial charge in [0.2, 0.25) is 0 Å². The Labute approximate surface area is 88.1 Å². The highest BCUT2D eigenvalue weighted by Crippen LogP contribution is 2.25. The lowest BCUT2D eigenvalue weighted by Crippen LogP contribution is -2.28. The molecular weight excluding hydrogens is 194 g/mol. The second kappa shape index (κ2) is 4.00. The van der Waals surface area contributed by atoms with Gasteiger partial charge < -0.3 is 4.74 Å². The predicted molar refractivity (Wildman–Crippen MR) is 54.2 cm³/mol. The lowest BCUT2D eigenvalue weighted by molar-refractivity contribution is 0.0115. The standard InChI is InChI=1S/C11H13NO3/c1-11(7-14-11)8-15-12-10(13)9-5-3-2-4-6-9/h2-6H,7-8H2,1H3,(H,12,13). The van der Waals surface area contributed by atoms with Crippen molar-refractivity contribution in [1.82, 2.24) is 5.48 Å². The van der Waals surface area contributed by atoms with E-state index in [1.807, 2.05) is 13.0 Å². The predicted octanol–water partition coefficient (Wildman–Crippen LogP) is 1.14. The van der Waals surface area contributed by atoms with E-state index >= 15 is 0 Å². The van der Waals surface area contributed by atoms with Crippen LogP contribution in [0.1, 0.15) is 17.3 Å². The summed E-state index contributed by atoms with van der Waals surface area (Å²) in [6.07, 6.45) is 0. The molecule has 4 heteroatoms. The van der Waals surface area contributed by atoms with Crippen LogP contribution in [0, 0.1) is 0 Å². The third-order valence-electron chi connectivity index (χ3n) is 2.22. The molecule has 1 amide bonds. The van der Waals surface area contributed by atoms with Crippen molar-refractivity contribution in [3.8, 4) is 0 Å². The molecule has 80 valence electrons. The van der Waals surface area contributed by atoms with Crippen LogP contribution in [0.3, 0.4) is 0 Å². The first-order chi connectivity index (χ1) is 7.20. The zero-order valence-corrected chi connectivity index (χ0v) is 8.53. The van der Waals surface area contributed by atoms with Crippen LogP contribution in [-0.4, -0.2) is 24.7 Å². The number of hydrogen-bond acceptors (Lipinski definition) is 3. The SMILES string of the molecule is CC1(CONC(=O)c2ccccc2)CO1. The van der Waals surface area contributed by atoms with E-state index in [4.69, 9.17) is 9.57 Å². The van der Waals surface area contributed by atoms with E-state index in [9.17, 15) is 4.79 Å². The van der Waals surface area contributed by atoms with Gasteiger partial charge in [0.05, 0.1) is 6.61 Å². The van der Waals surface area contributed by atoms with E-state index < -0.39 is 0 Å². The number of epoxide rings is 1. The number of carbonyl (C=O) groups is 1. The molecule has 1 aliphatic rings.